The molecule has 1 atom stereocenters. The topological polar surface area (TPSA) is 52.3 Å². The largest absolute Gasteiger partial charge is 0.469 e. The number of carbonyl (C=O) groups excluding carboxylic acids is 1. The lowest BCUT2D eigenvalue weighted by atomic mass is 9.80. The van der Waals surface area contributed by atoms with Crippen LogP contribution in [-0.2, 0) is 21.9 Å². The lowest BCUT2D eigenvalue weighted by Gasteiger charge is -2.29. The molecular formula is C14H16ClF6NO2. The monoisotopic (exact) mass is 379 g/mol. The van der Waals surface area contributed by atoms with Gasteiger partial charge in [0.1, 0.15) is 0 Å². The Morgan fingerprint density at radius 3 is 1.67 bits per heavy atom. The summed E-state index contributed by atoms with van der Waals surface area (Å²) in [6.45, 7) is 2.55. The summed E-state index contributed by atoms with van der Waals surface area (Å²) in [5.74, 6) is -0.851. The van der Waals surface area contributed by atoms with Crippen molar-refractivity contribution < 1.29 is 35.9 Å². The highest BCUT2D eigenvalue weighted by Crippen LogP contribution is 2.40. The van der Waals surface area contributed by atoms with E-state index >= 15 is 0 Å². The van der Waals surface area contributed by atoms with Gasteiger partial charge in [0.2, 0.25) is 0 Å². The first kappa shape index (κ1) is 22.5. The van der Waals surface area contributed by atoms with Gasteiger partial charge in [-0.1, -0.05) is 0 Å². The predicted octanol–water partition coefficient (Wildman–Crippen LogP) is 4.35. The number of hydrogen-bond acceptors (Lipinski definition) is 3. The Hall–Kier alpha value is -1.48. The summed E-state index contributed by atoms with van der Waals surface area (Å²) in [5, 5.41) is 0. The summed E-state index contributed by atoms with van der Waals surface area (Å²) in [4.78, 5) is 11.7. The Morgan fingerprint density at radius 1 is 1.00 bits per heavy atom. The zero-order chi connectivity index (χ0) is 18.2. The van der Waals surface area contributed by atoms with Crippen molar-refractivity contribution in [2.45, 2.75) is 32.2 Å². The first-order valence-corrected chi connectivity index (χ1v) is 6.34. The lowest BCUT2D eigenvalue weighted by Crippen LogP contribution is -2.37. The lowest BCUT2D eigenvalue weighted by molar-refractivity contribution is -0.152. The summed E-state index contributed by atoms with van der Waals surface area (Å²) in [6, 6.07) is -0.408. The van der Waals surface area contributed by atoms with E-state index < -0.39 is 46.5 Å². The van der Waals surface area contributed by atoms with Crippen molar-refractivity contribution in [3.63, 3.8) is 0 Å². The number of methoxy groups -OCH3 is 1. The van der Waals surface area contributed by atoms with Gasteiger partial charge in [-0.25, -0.2) is 0 Å². The standard InChI is InChI=1S/C14H15F6NO2.ClH/c1-12(2,11(22)23-3)10(21)7-4-8(13(15,16)17)6-9(5-7)14(18,19)20;/h4-6,10H,21H2,1-3H3;1H/t10-;/m1./s1. The zero-order valence-corrected chi connectivity index (χ0v) is 13.7. The van der Waals surface area contributed by atoms with Crippen LogP contribution in [0.15, 0.2) is 18.2 Å². The van der Waals surface area contributed by atoms with Gasteiger partial charge in [0, 0.05) is 6.04 Å². The van der Waals surface area contributed by atoms with Gasteiger partial charge in [0.25, 0.3) is 0 Å². The van der Waals surface area contributed by atoms with Gasteiger partial charge in [0.15, 0.2) is 0 Å². The molecule has 138 valence electrons. The van der Waals surface area contributed by atoms with Crippen LogP contribution < -0.4 is 5.73 Å². The van der Waals surface area contributed by atoms with Crippen LogP contribution in [0.1, 0.15) is 36.6 Å². The molecule has 0 aliphatic rings. The third kappa shape index (κ3) is 4.76. The number of benzene rings is 1. The Balaban J connectivity index is 0.00000529. The summed E-state index contributed by atoms with van der Waals surface area (Å²) in [6.07, 6.45) is -9.96. The van der Waals surface area contributed by atoms with Crippen LogP contribution in [0.5, 0.6) is 0 Å². The molecule has 0 bridgehead atoms. The van der Waals surface area contributed by atoms with E-state index in [0.717, 1.165) is 7.11 Å². The Morgan fingerprint density at radius 2 is 1.38 bits per heavy atom. The normalized spacial score (nSPS) is 13.9. The van der Waals surface area contributed by atoms with E-state index in [0.29, 0.717) is 12.1 Å². The highest BCUT2D eigenvalue weighted by Gasteiger charge is 2.41. The van der Waals surface area contributed by atoms with Gasteiger partial charge >= 0.3 is 18.3 Å². The van der Waals surface area contributed by atoms with Gasteiger partial charge in [-0.3, -0.25) is 4.79 Å². The third-order valence-corrected chi connectivity index (χ3v) is 3.46. The van der Waals surface area contributed by atoms with Crippen LogP contribution in [0.2, 0.25) is 0 Å². The minimum atomic E-state index is -4.98. The number of alkyl halides is 6. The second-order valence-electron chi connectivity index (χ2n) is 5.53. The molecule has 1 aromatic carbocycles. The van der Waals surface area contributed by atoms with E-state index in [1.807, 2.05) is 0 Å². The van der Waals surface area contributed by atoms with Crippen molar-refractivity contribution in [3.05, 3.63) is 34.9 Å². The fourth-order valence-electron chi connectivity index (χ4n) is 1.97. The molecule has 3 nitrogen and oxygen atoms in total. The van der Waals surface area contributed by atoms with Crippen molar-refractivity contribution in [3.8, 4) is 0 Å². The molecule has 10 heteroatoms. The van der Waals surface area contributed by atoms with Crippen LogP contribution in [0.3, 0.4) is 0 Å². The molecule has 0 unspecified atom stereocenters. The van der Waals surface area contributed by atoms with Crippen molar-refractivity contribution in [2.75, 3.05) is 7.11 Å². The van der Waals surface area contributed by atoms with E-state index in [-0.39, 0.29) is 18.5 Å². The Bertz CT molecular complexity index is 566. The summed E-state index contributed by atoms with van der Waals surface area (Å²) < 4.78 is 81.4. The quantitative estimate of drug-likeness (QED) is 0.627. The smallest absolute Gasteiger partial charge is 0.416 e. The van der Waals surface area contributed by atoms with E-state index in [4.69, 9.17) is 5.73 Å². The minimum Gasteiger partial charge on any atom is -0.469 e. The number of rotatable bonds is 3. The van der Waals surface area contributed by atoms with E-state index in [1.54, 1.807) is 0 Å². The van der Waals surface area contributed by atoms with Crippen molar-refractivity contribution in [2.24, 2.45) is 11.1 Å². The fourth-order valence-corrected chi connectivity index (χ4v) is 1.97. The van der Waals surface area contributed by atoms with Crippen LogP contribution in [0.25, 0.3) is 0 Å². The molecule has 1 rings (SSSR count). The minimum absolute atomic E-state index is 0. The van der Waals surface area contributed by atoms with Gasteiger partial charge in [-0.15, -0.1) is 12.4 Å². The second kappa shape index (κ2) is 7.18. The molecule has 0 fully saturated rings. The Labute approximate surface area is 140 Å². The van der Waals surface area contributed by atoms with Crippen LogP contribution >= 0.6 is 12.4 Å². The molecule has 0 radical (unpaired) electrons. The molecule has 1 aromatic rings. The number of esters is 1. The average molecular weight is 380 g/mol. The zero-order valence-electron chi connectivity index (χ0n) is 12.9. The second-order valence-corrected chi connectivity index (χ2v) is 5.53. The highest BCUT2D eigenvalue weighted by atomic mass is 35.5. The SMILES string of the molecule is COC(=O)C(C)(C)[C@H](N)c1cc(C(F)(F)F)cc(C(F)(F)F)c1.Cl. The van der Waals surface area contributed by atoms with Crippen molar-refractivity contribution in [1.29, 1.82) is 0 Å². The third-order valence-electron chi connectivity index (χ3n) is 3.46. The van der Waals surface area contributed by atoms with E-state index in [9.17, 15) is 31.1 Å². The van der Waals surface area contributed by atoms with Gasteiger partial charge in [-0.05, 0) is 37.6 Å². The van der Waals surface area contributed by atoms with Crippen molar-refractivity contribution >= 4 is 18.4 Å². The number of nitrogens with two attached hydrogens (primary N) is 1. The number of ether oxygens (including phenoxy) is 1. The molecule has 0 amide bonds. The van der Waals surface area contributed by atoms with Crippen LogP contribution in [-0.4, -0.2) is 13.1 Å². The van der Waals surface area contributed by atoms with Crippen LogP contribution in [0, 0.1) is 5.41 Å². The van der Waals surface area contributed by atoms with Gasteiger partial charge in [-0.2, -0.15) is 26.3 Å². The first-order valence-electron chi connectivity index (χ1n) is 6.34. The molecule has 0 heterocycles. The molecule has 0 aliphatic carbocycles. The fraction of sp³-hybridized carbons (Fsp3) is 0.500. The average Bonchev–Trinajstić information content (AvgIpc) is 2.43. The number of halogens is 7. The van der Waals surface area contributed by atoms with Gasteiger partial charge in [0.05, 0.1) is 23.7 Å². The number of hydrogen-bond donors (Lipinski definition) is 1. The molecule has 0 saturated carbocycles. The molecule has 0 aliphatic heterocycles. The number of carbonyl (C=O) groups is 1. The maximum absolute atomic E-state index is 12.8. The molecule has 24 heavy (non-hydrogen) atoms. The predicted molar refractivity (Wildman–Crippen MR) is 76.4 cm³/mol. The van der Waals surface area contributed by atoms with Gasteiger partial charge < -0.3 is 10.5 Å². The summed E-state index contributed by atoms with van der Waals surface area (Å²) >= 11 is 0. The maximum atomic E-state index is 12.8. The van der Waals surface area contributed by atoms with E-state index in [2.05, 4.69) is 4.74 Å². The van der Waals surface area contributed by atoms with Crippen molar-refractivity contribution in [1.82, 2.24) is 0 Å². The molecule has 2 N–H and O–H groups in total. The Kier molecular flexibility index (Phi) is 6.74. The molecular weight excluding hydrogens is 364 g/mol. The highest BCUT2D eigenvalue weighted by molar-refractivity contribution is 5.85. The van der Waals surface area contributed by atoms with E-state index in [1.165, 1.54) is 13.8 Å². The summed E-state index contributed by atoms with van der Waals surface area (Å²) in [7, 11) is 1.05. The maximum Gasteiger partial charge on any atom is 0.416 e. The molecule has 0 saturated heterocycles. The molecule has 0 spiro atoms. The molecule has 0 aromatic heterocycles. The summed E-state index contributed by atoms with van der Waals surface area (Å²) in [5.41, 5.74) is 0.795. The first-order chi connectivity index (χ1) is 10.2. The van der Waals surface area contributed by atoms with Crippen LogP contribution in [0.4, 0.5) is 26.3 Å².